The molecule has 8 heteroatoms. The summed E-state index contributed by atoms with van der Waals surface area (Å²) in [4.78, 5) is 37.1. The Bertz CT molecular complexity index is 476. The Kier molecular flexibility index (Phi) is 9.01. The molecule has 1 aliphatic carbocycles. The quantitative estimate of drug-likeness (QED) is 0.395. The first-order valence-electron chi connectivity index (χ1n) is 9.19. The van der Waals surface area contributed by atoms with E-state index in [1.165, 1.54) is 6.92 Å². The van der Waals surface area contributed by atoms with Crippen LogP contribution in [0.1, 0.15) is 46.5 Å². The summed E-state index contributed by atoms with van der Waals surface area (Å²) in [6.45, 7) is 4.44. The predicted octanol–water partition coefficient (Wildman–Crippen LogP) is 0.395. The van der Waals surface area contributed by atoms with Crippen molar-refractivity contribution in [1.82, 2.24) is 5.32 Å². The molecular weight excluding hydrogens is 342 g/mol. The predicted molar refractivity (Wildman–Crippen MR) is 92.9 cm³/mol. The molecule has 150 valence electrons. The van der Waals surface area contributed by atoms with Gasteiger partial charge in [-0.05, 0) is 57.3 Å². The molecule has 0 unspecified atom stereocenters. The van der Waals surface area contributed by atoms with Gasteiger partial charge in [0.05, 0.1) is 13.2 Å². The van der Waals surface area contributed by atoms with Gasteiger partial charge in [-0.1, -0.05) is 0 Å². The zero-order valence-electron chi connectivity index (χ0n) is 15.8. The summed E-state index contributed by atoms with van der Waals surface area (Å²) in [6.07, 6.45) is 1.95. The van der Waals surface area contributed by atoms with Gasteiger partial charge in [0.15, 0.2) is 0 Å². The van der Waals surface area contributed by atoms with Gasteiger partial charge in [-0.3, -0.25) is 4.79 Å². The van der Waals surface area contributed by atoms with Crippen LogP contribution in [0.3, 0.4) is 0 Å². The summed E-state index contributed by atoms with van der Waals surface area (Å²) < 4.78 is 10.1. The molecule has 1 amide bonds. The molecule has 1 aliphatic rings. The maximum atomic E-state index is 12.7. The minimum absolute atomic E-state index is 0.000594. The van der Waals surface area contributed by atoms with E-state index in [2.05, 4.69) is 5.32 Å². The van der Waals surface area contributed by atoms with Crippen LogP contribution in [-0.4, -0.2) is 60.0 Å². The van der Waals surface area contributed by atoms with Crippen molar-refractivity contribution < 1.29 is 34.1 Å². The van der Waals surface area contributed by atoms with Crippen LogP contribution >= 0.6 is 0 Å². The van der Waals surface area contributed by atoms with E-state index in [1.54, 1.807) is 13.8 Å². The third-order valence-corrected chi connectivity index (χ3v) is 4.95. The van der Waals surface area contributed by atoms with Crippen LogP contribution in [0, 0.1) is 17.8 Å². The van der Waals surface area contributed by atoms with Crippen LogP contribution in [0.2, 0.25) is 0 Å². The molecule has 8 nitrogen and oxygen atoms in total. The second kappa shape index (κ2) is 10.5. The van der Waals surface area contributed by atoms with Crippen molar-refractivity contribution in [2.75, 3.05) is 26.4 Å². The van der Waals surface area contributed by atoms with Crippen molar-refractivity contribution in [2.45, 2.75) is 52.0 Å². The van der Waals surface area contributed by atoms with E-state index in [-0.39, 0.29) is 50.6 Å². The van der Waals surface area contributed by atoms with E-state index < -0.39 is 23.4 Å². The highest BCUT2D eigenvalue weighted by Gasteiger charge is 2.52. The van der Waals surface area contributed by atoms with Gasteiger partial charge in [-0.25, -0.2) is 9.59 Å². The number of hydrogen-bond donors (Lipinski definition) is 3. The number of amides is 1. The summed E-state index contributed by atoms with van der Waals surface area (Å²) in [5.74, 6) is -2.63. The lowest BCUT2D eigenvalue weighted by Gasteiger charge is -2.39. The Morgan fingerprint density at radius 3 is 2.00 bits per heavy atom. The van der Waals surface area contributed by atoms with E-state index >= 15 is 0 Å². The lowest BCUT2D eigenvalue weighted by Crippen LogP contribution is -2.62. The Morgan fingerprint density at radius 1 is 1.00 bits per heavy atom. The molecule has 0 aromatic rings. The Balaban J connectivity index is 3.24. The van der Waals surface area contributed by atoms with Gasteiger partial charge < -0.3 is 25.0 Å². The zero-order chi connectivity index (χ0) is 19.7. The molecule has 0 bridgehead atoms. The number of carbonyl (C=O) groups is 3. The highest BCUT2D eigenvalue weighted by Crippen LogP contribution is 2.39. The number of ether oxygens (including phenoxy) is 2. The Morgan fingerprint density at radius 2 is 1.58 bits per heavy atom. The molecule has 3 N–H and O–H groups in total. The first kappa shape index (κ1) is 22.4. The van der Waals surface area contributed by atoms with Crippen molar-refractivity contribution >= 4 is 17.8 Å². The largest absolute Gasteiger partial charge is 0.464 e. The van der Waals surface area contributed by atoms with Crippen LogP contribution in [-0.2, 0) is 23.9 Å². The third kappa shape index (κ3) is 5.41. The van der Waals surface area contributed by atoms with Gasteiger partial charge in [0.25, 0.3) is 0 Å². The first-order valence-corrected chi connectivity index (χ1v) is 9.19. The summed E-state index contributed by atoms with van der Waals surface area (Å²) in [7, 11) is 0. The van der Waals surface area contributed by atoms with Gasteiger partial charge in [0.1, 0.15) is 0 Å². The van der Waals surface area contributed by atoms with Crippen LogP contribution in [0.15, 0.2) is 0 Å². The second-order valence-electron chi connectivity index (χ2n) is 6.80. The van der Waals surface area contributed by atoms with Crippen LogP contribution in [0.5, 0.6) is 0 Å². The summed E-state index contributed by atoms with van der Waals surface area (Å²) in [5, 5.41) is 21.6. The molecule has 0 aromatic heterocycles. The van der Waals surface area contributed by atoms with E-state index in [9.17, 15) is 24.6 Å². The maximum absolute atomic E-state index is 12.7. The first-order chi connectivity index (χ1) is 12.3. The van der Waals surface area contributed by atoms with Gasteiger partial charge in [0, 0.05) is 20.1 Å². The second-order valence-corrected chi connectivity index (χ2v) is 6.80. The van der Waals surface area contributed by atoms with Crippen molar-refractivity contribution in [3.8, 4) is 0 Å². The highest BCUT2D eigenvalue weighted by molar-refractivity contribution is 6.07. The number of hydrogen-bond acceptors (Lipinski definition) is 7. The minimum atomic E-state index is -1.95. The van der Waals surface area contributed by atoms with Crippen molar-refractivity contribution in [3.05, 3.63) is 0 Å². The molecule has 1 fully saturated rings. The molecular formula is C18H31NO7. The van der Waals surface area contributed by atoms with Gasteiger partial charge in [-0.15, -0.1) is 0 Å². The SMILES string of the molecule is CCOC(=O)C(C[C@H]1C[C@@H](CO)CC[C@H]1CO)(NC(C)=O)C(=O)OCC. The van der Waals surface area contributed by atoms with Gasteiger partial charge in [0.2, 0.25) is 11.4 Å². The lowest BCUT2D eigenvalue weighted by molar-refractivity contribution is -0.170. The number of esters is 2. The number of rotatable bonds is 9. The third-order valence-electron chi connectivity index (χ3n) is 4.95. The van der Waals surface area contributed by atoms with Crippen LogP contribution in [0.4, 0.5) is 0 Å². The van der Waals surface area contributed by atoms with Gasteiger partial charge >= 0.3 is 11.9 Å². The smallest absolute Gasteiger partial charge is 0.343 e. The fourth-order valence-electron chi connectivity index (χ4n) is 3.69. The van der Waals surface area contributed by atoms with E-state index in [0.717, 1.165) is 6.42 Å². The summed E-state index contributed by atoms with van der Waals surface area (Å²) in [6, 6.07) is 0. The highest BCUT2D eigenvalue weighted by atomic mass is 16.6. The average molecular weight is 373 g/mol. The fraction of sp³-hybridized carbons (Fsp3) is 0.833. The van der Waals surface area contributed by atoms with Crippen LogP contribution < -0.4 is 5.32 Å². The van der Waals surface area contributed by atoms with Crippen LogP contribution in [0.25, 0.3) is 0 Å². The maximum Gasteiger partial charge on any atom is 0.343 e. The monoisotopic (exact) mass is 373 g/mol. The molecule has 3 atom stereocenters. The number of carbonyl (C=O) groups excluding carboxylic acids is 3. The average Bonchev–Trinajstić information content (AvgIpc) is 2.60. The number of aliphatic hydroxyl groups excluding tert-OH is 2. The molecule has 1 rings (SSSR count). The fourth-order valence-corrected chi connectivity index (χ4v) is 3.69. The van der Waals surface area contributed by atoms with Crippen molar-refractivity contribution in [1.29, 1.82) is 0 Å². The molecule has 0 saturated heterocycles. The Labute approximate surface area is 154 Å². The molecule has 0 spiro atoms. The molecule has 26 heavy (non-hydrogen) atoms. The lowest BCUT2D eigenvalue weighted by atomic mass is 9.69. The molecule has 0 aromatic carbocycles. The summed E-state index contributed by atoms with van der Waals surface area (Å²) >= 11 is 0. The zero-order valence-corrected chi connectivity index (χ0v) is 15.8. The number of nitrogens with one attached hydrogen (secondary N) is 1. The Hall–Kier alpha value is -1.67. The molecule has 0 aliphatic heterocycles. The van der Waals surface area contributed by atoms with E-state index in [4.69, 9.17) is 9.47 Å². The molecule has 0 heterocycles. The number of aliphatic hydroxyl groups is 2. The van der Waals surface area contributed by atoms with Crippen molar-refractivity contribution in [3.63, 3.8) is 0 Å². The summed E-state index contributed by atoms with van der Waals surface area (Å²) in [5.41, 5.74) is -1.95. The molecule has 0 radical (unpaired) electrons. The standard InChI is InChI=1S/C18H31NO7/c1-4-25-16(23)18(19-12(3)22,17(24)26-5-2)9-15-8-13(10-20)6-7-14(15)11-21/h13-15,20-21H,4-11H2,1-3H3,(H,19,22)/t13-,14-,15+/m0/s1. The normalized spacial score (nSPS) is 23.2. The van der Waals surface area contributed by atoms with Crippen molar-refractivity contribution in [2.24, 2.45) is 17.8 Å². The molecule has 1 saturated carbocycles. The van der Waals surface area contributed by atoms with Gasteiger partial charge in [-0.2, -0.15) is 0 Å². The van der Waals surface area contributed by atoms with E-state index in [1.807, 2.05) is 0 Å². The van der Waals surface area contributed by atoms with E-state index in [0.29, 0.717) is 12.8 Å². The minimum Gasteiger partial charge on any atom is -0.464 e. The topological polar surface area (TPSA) is 122 Å².